The highest BCUT2D eigenvalue weighted by Crippen LogP contribution is 2.37. The summed E-state index contributed by atoms with van der Waals surface area (Å²) in [7, 11) is 1.89. The molecule has 3 aliphatic rings. The molecular weight excluding hydrogens is 346 g/mol. The molecule has 3 heterocycles. The summed E-state index contributed by atoms with van der Waals surface area (Å²) in [5, 5.41) is 10.9. The van der Waals surface area contributed by atoms with E-state index in [4.69, 9.17) is 4.74 Å². The minimum absolute atomic E-state index is 0.0940. The van der Waals surface area contributed by atoms with E-state index in [0.29, 0.717) is 39.1 Å². The molecule has 0 aromatic heterocycles. The van der Waals surface area contributed by atoms with Crippen LogP contribution in [0.15, 0.2) is 0 Å². The molecule has 0 aromatic carbocycles. The average Bonchev–Trinajstić information content (AvgIpc) is 2.63. The van der Waals surface area contributed by atoms with Gasteiger partial charge in [0.25, 0.3) is 0 Å². The monoisotopic (exact) mass is 381 g/mol. The lowest BCUT2D eigenvalue weighted by Crippen LogP contribution is -2.57. The number of hydrogen-bond donors (Lipinski definition) is 1. The Morgan fingerprint density at radius 3 is 2.30 bits per heavy atom. The highest BCUT2D eigenvalue weighted by atomic mass is 16.5. The zero-order valence-corrected chi connectivity index (χ0v) is 17.1. The number of rotatable bonds is 3. The average molecular weight is 382 g/mol. The molecular formula is C20H35N3O4. The van der Waals surface area contributed by atoms with E-state index in [1.165, 1.54) is 0 Å². The van der Waals surface area contributed by atoms with Crippen molar-refractivity contribution >= 4 is 11.8 Å². The molecule has 2 amide bonds. The Balaban J connectivity index is 1.50. The fraction of sp³-hybridized carbons (Fsp3) is 0.900. The number of likely N-dealkylation sites (tertiary alicyclic amines) is 2. The first kappa shape index (κ1) is 20.6. The highest BCUT2D eigenvalue weighted by molar-refractivity contribution is 5.73. The standard InChI is InChI=1S/C20H35N3O4/c1-16(24)21(3)18-4-13-27-20(14-18)7-9-22(10-8-20)15-19(26)5-11-23(12-6-19)17(2)25/h18,26H,4-15H2,1-3H3. The Kier molecular flexibility index (Phi) is 6.13. The topological polar surface area (TPSA) is 73.3 Å². The molecule has 1 atom stereocenters. The van der Waals surface area contributed by atoms with Crippen LogP contribution in [0.25, 0.3) is 0 Å². The Labute approximate surface area is 162 Å². The largest absolute Gasteiger partial charge is 0.388 e. The van der Waals surface area contributed by atoms with Crippen LogP contribution in [0.5, 0.6) is 0 Å². The van der Waals surface area contributed by atoms with Crippen LogP contribution in [0.4, 0.5) is 0 Å². The van der Waals surface area contributed by atoms with E-state index in [-0.39, 0.29) is 23.5 Å². The second-order valence-electron chi connectivity index (χ2n) is 8.81. The molecule has 0 aromatic rings. The van der Waals surface area contributed by atoms with Crippen LogP contribution in [0.1, 0.15) is 52.4 Å². The molecule has 1 N–H and O–H groups in total. The molecule has 3 aliphatic heterocycles. The van der Waals surface area contributed by atoms with Gasteiger partial charge < -0.3 is 24.5 Å². The second-order valence-corrected chi connectivity index (χ2v) is 8.81. The molecule has 1 unspecified atom stereocenters. The number of aliphatic hydroxyl groups is 1. The maximum Gasteiger partial charge on any atom is 0.219 e. The third-order valence-corrected chi connectivity index (χ3v) is 6.94. The van der Waals surface area contributed by atoms with E-state index in [1.54, 1.807) is 13.8 Å². The van der Waals surface area contributed by atoms with Crippen molar-refractivity contribution < 1.29 is 19.4 Å². The molecule has 7 nitrogen and oxygen atoms in total. The summed E-state index contributed by atoms with van der Waals surface area (Å²) in [5.74, 6) is 0.213. The van der Waals surface area contributed by atoms with Crippen molar-refractivity contribution in [1.82, 2.24) is 14.7 Å². The van der Waals surface area contributed by atoms with Crippen molar-refractivity contribution in [3.05, 3.63) is 0 Å². The van der Waals surface area contributed by atoms with Gasteiger partial charge in [-0.3, -0.25) is 9.59 Å². The third kappa shape index (κ3) is 4.81. The summed E-state index contributed by atoms with van der Waals surface area (Å²) in [4.78, 5) is 29.2. The number of hydrogen-bond acceptors (Lipinski definition) is 5. The van der Waals surface area contributed by atoms with E-state index in [9.17, 15) is 14.7 Å². The summed E-state index contributed by atoms with van der Waals surface area (Å²) in [6.45, 7) is 7.72. The van der Waals surface area contributed by atoms with Gasteiger partial charge in [-0.2, -0.15) is 0 Å². The molecule has 27 heavy (non-hydrogen) atoms. The van der Waals surface area contributed by atoms with Crippen molar-refractivity contribution in [2.24, 2.45) is 0 Å². The summed E-state index contributed by atoms with van der Waals surface area (Å²) >= 11 is 0. The molecule has 154 valence electrons. The minimum atomic E-state index is -0.693. The van der Waals surface area contributed by atoms with E-state index < -0.39 is 5.60 Å². The number of carbonyl (C=O) groups is 2. The lowest BCUT2D eigenvalue weighted by atomic mass is 9.81. The maximum absolute atomic E-state index is 11.7. The number of carbonyl (C=O) groups excluding carboxylic acids is 2. The Morgan fingerprint density at radius 1 is 1.11 bits per heavy atom. The van der Waals surface area contributed by atoms with Gasteiger partial charge in [0.05, 0.1) is 11.2 Å². The van der Waals surface area contributed by atoms with Crippen LogP contribution in [0.3, 0.4) is 0 Å². The summed E-state index contributed by atoms with van der Waals surface area (Å²) < 4.78 is 6.20. The van der Waals surface area contributed by atoms with Crippen LogP contribution < -0.4 is 0 Å². The molecule has 1 spiro atoms. The zero-order valence-electron chi connectivity index (χ0n) is 17.1. The van der Waals surface area contributed by atoms with Gasteiger partial charge in [0.2, 0.25) is 11.8 Å². The third-order valence-electron chi connectivity index (χ3n) is 6.94. The first-order chi connectivity index (χ1) is 12.7. The van der Waals surface area contributed by atoms with Gasteiger partial charge in [-0.1, -0.05) is 0 Å². The van der Waals surface area contributed by atoms with Crippen molar-refractivity contribution in [2.75, 3.05) is 46.4 Å². The lowest BCUT2D eigenvalue weighted by Gasteiger charge is -2.49. The quantitative estimate of drug-likeness (QED) is 0.785. The van der Waals surface area contributed by atoms with Crippen molar-refractivity contribution in [3.63, 3.8) is 0 Å². The van der Waals surface area contributed by atoms with Crippen LogP contribution in [0, 0.1) is 0 Å². The zero-order chi connectivity index (χ0) is 19.7. The normalized spacial score (nSPS) is 28.1. The smallest absolute Gasteiger partial charge is 0.219 e. The van der Waals surface area contributed by atoms with Crippen LogP contribution in [-0.2, 0) is 14.3 Å². The van der Waals surface area contributed by atoms with Crippen LogP contribution >= 0.6 is 0 Å². The van der Waals surface area contributed by atoms with Gasteiger partial charge in [0.15, 0.2) is 0 Å². The highest BCUT2D eigenvalue weighted by Gasteiger charge is 2.43. The van der Waals surface area contributed by atoms with Crippen molar-refractivity contribution in [3.8, 4) is 0 Å². The second kappa shape index (κ2) is 8.05. The van der Waals surface area contributed by atoms with Crippen molar-refractivity contribution in [2.45, 2.75) is 69.6 Å². The summed E-state index contributed by atoms with van der Waals surface area (Å²) in [5.41, 5.74) is -0.814. The molecule has 7 heteroatoms. The van der Waals surface area contributed by atoms with Gasteiger partial charge in [0, 0.05) is 66.3 Å². The fourth-order valence-electron chi connectivity index (χ4n) is 4.87. The minimum Gasteiger partial charge on any atom is -0.388 e. The maximum atomic E-state index is 11.7. The number of amides is 2. The van der Waals surface area contributed by atoms with Gasteiger partial charge in [0.1, 0.15) is 0 Å². The molecule has 3 rings (SSSR count). The molecule has 0 bridgehead atoms. The lowest BCUT2D eigenvalue weighted by molar-refractivity contribution is -0.150. The first-order valence-corrected chi connectivity index (χ1v) is 10.3. The van der Waals surface area contributed by atoms with E-state index in [2.05, 4.69) is 4.90 Å². The number of nitrogens with zero attached hydrogens (tertiary/aromatic N) is 3. The Bertz CT molecular complexity index is 551. The van der Waals surface area contributed by atoms with Gasteiger partial charge in [-0.05, 0) is 38.5 Å². The Morgan fingerprint density at radius 2 is 1.74 bits per heavy atom. The van der Waals surface area contributed by atoms with Gasteiger partial charge in [-0.15, -0.1) is 0 Å². The Hall–Kier alpha value is -1.18. The van der Waals surface area contributed by atoms with Crippen LogP contribution in [-0.4, -0.2) is 95.2 Å². The van der Waals surface area contributed by atoms with E-state index >= 15 is 0 Å². The SMILES string of the molecule is CC(=O)N1CCC(O)(CN2CCC3(CC2)CC(N(C)C(C)=O)CCO3)CC1. The molecule has 3 fully saturated rings. The fourth-order valence-corrected chi connectivity index (χ4v) is 4.87. The van der Waals surface area contributed by atoms with E-state index in [1.807, 2.05) is 16.8 Å². The molecule has 0 radical (unpaired) electrons. The molecule has 0 saturated carbocycles. The predicted octanol–water partition coefficient (Wildman–Crippen LogP) is 0.852. The first-order valence-electron chi connectivity index (χ1n) is 10.3. The molecule has 0 aliphatic carbocycles. The van der Waals surface area contributed by atoms with Crippen LogP contribution in [0.2, 0.25) is 0 Å². The number of ether oxygens (including phenoxy) is 1. The van der Waals surface area contributed by atoms with E-state index in [0.717, 1.165) is 38.8 Å². The predicted molar refractivity (Wildman–Crippen MR) is 102 cm³/mol. The number of piperidine rings is 2. The number of β-amino-alcohol motifs (C(OH)–C–C–N with tert-alkyl or cyclic N) is 1. The molecule has 3 saturated heterocycles. The van der Waals surface area contributed by atoms with Gasteiger partial charge in [-0.25, -0.2) is 0 Å². The summed E-state index contributed by atoms with van der Waals surface area (Å²) in [6, 6.07) is 0.267. The summed E-state index contributed by atoms with van der Waals surface area (Å²) in [6.07, 6.45) is 5.02. The van der Waals surface area contributed by atoms with Crippen molar-refractivity contribution in [1.29, 1.82) is 0 Å². The van der Waals surface area contributed by atoms with Gasteiger partial charge >= 0.3 is 0 Å².